The molecule has 1 atom stereocenters. The largest absolute Gasteiger partial charge is 0.298 e. The van der Waals surface area contributed by atoms with Crippen molar-refractivity contribution in [3.8, 4) is 0 Å². The van der Waals surface area contributed by atoms with Gasteiger partial charge in [0, 0.05) is 5.56 Å². The molecule has 0 aromatic heterocycles. The Balaban J connectivity index is 2.32. The summed E-state index contributed by atoms with van der Waals surface area (Å²) in [5.41, 5.74) is 1.39. The number of benzene rings is 1. The van der Waals surface area contributed by atoms with Crippen molar-refractivity contribution in [2.75, 3.05) is 5.75 Å². The van der Waals surface area contributed by atoms with Gasteiger partial charge in [0.1, 0.15) is 6.29 Å². The first-order valence-corrected chi connectivity index (χ1v) is 7.12. The molecule has 1 fully saturated rings. The van der Waals surface area contributed by atoms with Gasteiger partial charge in [-0.05, 0) is 18.4 Å². The molecule has 4 heteroatoms. The maximum Gasteiger partial charge on any atom is 0.157 e. The minimum atomic E-state index is -2.98. The van der Waals surface area contributed by atoms with Crippen LogP contribution in [0, 0.1) is 0 Å². The van der Waals surface area contributed by atoms with Crippen LogP contribution in [0.1, 0.15) is 40.4 Å². The van der Waals surface area contributed by atoms with E-state index in [0.29, 0.717) is 12.0 Å². The second kappa shape index (κ2) is 4.37. The summed E-state index contributed by atoms with van der Waals surface area (Å²) in [7, 11) is -2.98. The molecule has 1 aromatic carbocycles. The second-order valence-corrected chi connectivity index (χ2v) is 6.44. The lowest BCUT2D eigenvalue weighted by molar-refractivity contribution is 0.112. The predicted molar refractivity (Wildman–Crippen MR) is 62.2 cm³/mol. The highest BCUT2D eigenvalue weighted by Gasteiger charge is 2.29. The van der Waals surface area contributed by atoms with E-state index in [1.807, 2.05) is 0 Å². The molecule has 0 saturated carbocycles. The van der Waals surface area contributed by atoms with Crippen molar-refractivity contribution in [2.24, 2.45) is 0 Å². The van der Waals surface area contributed by atoms with Crippen LogP contribution in [0.25, 0.3) is 0 Å². The normalized spacial score (nSPS) is 23.9. The number of aldehydes is 1. The van der Waals surface area contributed by atoms with E-state index in [2.05, 4.69) is 0 Å². The van der Waals surface area contributed by atoms with E-state index >= 15 is 0 Å². The van der Waals surface area contributed by atoms with Crippen molar-refractivity contribution >= 4 is 16.1 Å². The monoisotopic (exact) mass is 238 g/mol. The van der Waals surface area contributed by atoms with Gasteiger partial charge in [0.25, 0.3) is 0 Å². The van der Waals surface area contributed by atoms with Gasteiger partial charge in [0.2, 0.25) is 0 Å². The van der Waals surface area contributed by atoms with E-state index in [1.54, 1.807) is 24.3 Å². The first kappa shape index (κ1) is 11.3. The zero-order valence-corrected chi connectivity index (χ0v) is 9.74. The fraction of sp³-hybridized carbons (Fsp3) is 0.417. The lowest BCUT2D eigenvalue weighted by atomic mass is 10.0. The van der Waals surface area contributed by atoms with Gasteiger partial charge in [-0.2, -0.15) is 0 Å². The highest BCUT2D eigenvalue weighted by atomic mass is 32.2. The summed E-state index contributed by atoms with van der Waals surface area (Å²) in [6.07, 6.45) is 3.19. The molecule has 1 aliphatic heterocycles. The molecule has 0 N–H and O–H groups in total. The molecule has 2 rings (SSSR count). The predicted octanol–water partition coefficient (Wildman–Crippen LogP) is 2.14. The Morgan fingerprint density at radius 2 is 1.81 bits per heavy atom. The Kier molecular flexibility index (Phi) is 3.10. The highest BCUT2D eigenvalue weighted by Crippen LogP contribution is 2.33. The van der Waals surface area contributed by atoms with E-state index in [1.165, 1.54) is 0 Å². The standard InChI is InChI=1S/C12H14O3S/c13-9-10-4-6-11(7-5-10)12-3-1-2-8-16(12,14)15/h4-7,9,12H,1-3,8H2. The van der Waals surface area contributed by atoms with Crippen LogP contribution in [-0.2, 0) is 9.84 Å². The third-order valence-electron chi connectivity index (χ3n) is 3.02. The van der Waals surface area contributed by atoms with Crippen LogP contribution in [-0.4, -0.2) is 20.5 Å². The summed E-state index contributed by atoms with van der Waals surface area (Å²) in [5.74, 6) is 0.285. The van der Waals surface area contributed by atoms with Gasteiger partial charge in [-0.15, -0.1) is 0 Å². The number of rotatable bonds is 2. The highest BCUT2D eigenvalue weighted by molar-refractivity contribution is 7.91. The van der Waals surface area contributed by atoms with Gasteiger partial charge < -0.3 is 0 Å². The number of hydrogen-bond acceptors (Lipinski definition) is 3. The molecule has 1 saturated heterocycles. The molecule has 86 valence electrons. The van der Waals surface area contributed by atoms with E-state index in [9.17, 15) is 13.2 Å². The van der Waals surface area contributed by atoms with Crippen LogP contribution in [0.5, 0.6) is 0 Å². The Labute approximate surface area is 95.4 Å². The van der Waals surface area contributed by atoms with Gasteiger partial charge in [-0.3, -0.25) is 4.79 Å². The third kappa shape index (κ3) is 2.16. The molecule has 0 spiro atoms. The van der Waals surface area contributed by atoms with Crippen molar-refractivity contribution in [1.29, 1.82) is 0 Å². The van der Waals surface area contributed by atoms with E-state index in [-0.39, 0.29) is 11.0 Å². The fourth-order valence-electron chi connectivity index (χ4n) is 2.12. The van der Waals surface area contributed by atoms with Gasteiger partial charge in [-0.25, -0.2) is 8.42 Å². The summed E-state index contributed by atoms with van der Waals surface area (Å²) in [4.78, 5) is 10.5. The quantitative estimate of drug-likeness (QED) is 0.742. The molecule has 0 bridgehead atoms. The van der Waals surface area contributed by atoms with Crippen molar-refractivity contribution in [3.63, 3.8) is 0 Å². The van der Waals surface area contributed by atoms with Crippen LogP contribution in [0.15, 0.2) is 24.3 Å². The number of sulfone groups is 1. The molecule has 16 heavy (non-hydrogen) atoms. The van der Waals surface area contributed by atoms with Gasteiger partial charge in [0.15, 0.2) is 9.84 Å². The lowest BCUT2D eigenvalue weighted by Gasteiger charge is -2.22. The summed E-state index contributed by atoms with van der Waals surface area (Å²) in [6, 6.07) is 6.84. The van der Waals surface area contributed by atoms with E-state index < -0.39 is 9.84 Å². The van der Waals surface area contributed by atoms with Crippen LogP contribution >= 0.6 is 0 Å². The van der Waals surface area contributed by atoms with Crippen LogP contribution in [0.3, 0.4) is 0 Å². The Bertz CT molecular complexity index is 473. The molecule has 1 unspecified atom stereocenters. The van der Waals surface area contributed by atoms with Crippen LogP contribution in [0.2, 0.25) is 0 Å². The summed E-state index contributed by atoms with van der Waals surface area (Å²) >= 11 is 0. The average molecular weight is 238 g/mol. The first-order valence-electron chi connectivity index (χ1n) is 5.40. The summed E-state index contributed by atoms with van der Waals surface area (Å²) < 4.78 is 23.7. The molecule has 1 aromatic rings. The first-order chi connectivity index (χ1) is 7.63. The topological polar surface area (TPSA) is 51.2 Å². The average Bonchev–Trinajstić information content (AvgIpc) is 2.29. The SMILES string of the molecule is O=Cc1ccc(C2CCCCS2(=O)=O)cc1. The zero-order valence-electron chi connectivity index (χ0n) is 8.93. The Morgan fingerprint density at radius 3 is 2.38 bits per heavy atom. The zero-order chi connectivity index (χ0) is 11.6. The van der Waals surface area contributed by atoms with Gasteiger partial charge >= 0.3 is 0 Å². The van der Waals surface area contributed by atoms with Gasteiger partial charge in [0.05, 0.1) is 11.0 Å². The third-order valence-corrected chi connectivity index (χ3v) is 5.26. The Morgan fingerprint density at radius 1 is 1.12 bits per heavy atom. The van der Waals surface area contributed by atoms with Crippen LogP contribution < -0.4 is 0 Å². The molecule has 0 radical (unpaired) electrons. The maximum absolute atomic E-state index is 11.9. The molecule has 1 heterocycles. The lowest BCUT2D eigenvalue weighted by Crippen LogP contribution is -2.21. The maximum atomic E-state index is 11.9. The molecule has 3 nitrogen and oxygen atoms in total. The number of carbonyl (C=O) groups excluding carboxylic acids is 1. The molecular weight excluding hydrogens is 224 g/mol. The van der Waals surface area contributed by atoms with Crippen molar-refractivity contribution in [3.05, 3.63) is 35.4 Å². The summed E-state index contributed by atoms with van der Waals surface area (Å²) in [6.45, 7) is 0. The van der Waals surface area contributed by atoms with E-state index in [4.69, 9.17) is 0 Å². The summed E-state index contributed by atoms with van der Waals surface area (Å²) in [5, 5.41) is -0.373. The van der Waals surface area contributed by atoms with Crippen molar-refractivity contribution < 1.29 is 13.2 Å². The minimum absolute atomic E-state index is 0.285. The smallest absolute Gasteiger partial charge is 0.157 e. The number of carbonyl (C=O) groups is 1. The van der Waals surface area contributed by atoms with Crippen LogP contribution in [0.4, 0.5) is 0 Å². The number of hydrogen-bond donors (Lipinski definition) is 0. The second-order valence-electron chi connectivity index (χ2n) is 4.14. The van der Waals surface area contributed by atoms with Gasteiger partial charge in [-0.1, -0.05) is 30.7 Å². The van der Waals surface area contributed by atoms with Crippen molar-refractivity contribution in [2.45, 2.75) is 24.5 Å². The Hall–Kier alpha value is -1.16. The molecule has 0 aliphatic carbocycles. The molecular formula is C12H14O3S. The van der Waals surface area contributed by atoms with E-state index in [0.717, 1.165) is 24.7 Å². The van der Waals surface area contributed by atoms with Crippen molar-refractivity contribution in [1.82, 2.24) is 0 Å². The fourth-order valence-corrected chi connectivity index (χ4v) is 4.11. The molecule has 1 aliphatic rings. The molecule has 0 amide bonds. The minimum Gasteiger partial charge on any atom is -0.298 e.